The number of fused-ring (bicyclic) bond motifs is 1. The third kappa shape index (κ3) is 1.98. The molecule has 0 unspecified atom stereocenters. The molecule has 0 spiro atoms. The fourth-order valence-corrected chi connectivity index (χ4v) is 2.63. The molecule has 2 aromatic heterocycles. The van der Waals surface area contributed by atoms with E-state index in [4.69, 9.17) is 0 Å². The number of aromatic nitrogens is 1. The fraction of sp³-hybridized carbons (Fsp3) is 0. The number of aromatic carboxylic acids is 1. The van der Waals surface area contributed by atoms with Crippen molar-refractivity contribution in [2.24, 2.45) is 0 Å². The highest BCUT2D eigenvalue weighted by atomic mass is 32.1. The van der Waals surface area contributed by atoms with Gasteiger partial charge in [-0.1, -0.05) is 18.2 Å². The zero-order chi connectivity index (χ0) is 13.4. The minimum atomic E-state index is -1.09. The van der Waals surface area contributed by atoms with Gasteiger partial charge in [0.05, 0.1) is 16.1 Å². The third-order valence-corrected chi connectivity index (χ3v) is 3.69. The highest BCUT2D eigenvalue weighted by molar-refractivity contribution is 7.13. The van der Waals surface area contributed by atoms with Crippen molar-refractivity contribution >= 4 is 28.2 Å². The van der Waals surface area contributed by atoms with Gasteiger partial charge in [0.15, 0.2) is 0 Å². The quantitative estimate of drug-likeness (QED) is 0.772. The third-order valence-electron chi connectivity index (χ3n) is 2.79. The molecule has 0 amide bonds. The van der Waals surface area contributed by atoms with Gasteiger partial charge in [-0.2, -0.15) is 0 Å². The largest absolute Gasteiger partial charge is 0.478 e. The van der Waals surface area contributed by atoms with E-state index in [2.05, 4.69) is 4.98 Å². The number of carboxylic acid groups (broad SMARTS) is 1. The predicted molar refractivity (Wildman–Crippen MR) is 72.0 cm³/mol. The van der Waals surface area contributed by atoms with Gasteiger partial charge in [0, 0.05) is 5.39 Å². The van der Waals surface area contributed by atoms with Crippen LogP contribution in [-0.4, -0.2) is 16.1 Å². The first kappa shape index (κ1) is 11.8. The maximum absolute atomic E-state index is 13.8. The molecule has 0 radical (unpaired) electrons. The van der Waals surface area contributed by atoms with Gasteiger partial charge in [-0.25, -0.2) is 14.2 Å². The van der Waals surface area contributed by atoms with Crippen molar-refractivity contribution < 1.29 is 14.3 Å². The average Bonchev–Trinajstić information content (AvgIpc) is 2.92. The highest BCUT2D eigenvalue weighted by Gasteiger charge is 2.15. The molecule has 0 aliphatic carbocycles. The molecular weight excluding hydrogens is 265 g/mol. The van der Waals surface area contributed by atoms with E-state index in [1.54, 1.807) is 6.07 Å². The maximum atomic E-state index is 13.8. The zero-order valence-corrected chi connectivity index (χ0v) is 10.4. The molecule has 19 heavy (non-hydrogen) atoms. The molecule has 0 aliphatic rings. The first-order valence-corrected chi connectivity index (χ1v) is 6.41. The summed E-state index contributed by atoms with van der Waals surface area (Å²) in [6.07, 6.45) is 0. The van der Waals surface area contributed by atoms with E-state index in [1.165, 1.54) is 29.5 Å². The monoisotopic (exact) mass is 273 g/mol. The fourth-order valence-electron chi connectivity index (χ4n) is 1.94. The first-order valence-electron chi connectivity index (χ1n) is 5.53. The van der Waals surface area contributed by atoms with E-state index >= 15 is 0 Å². The van der Waals surface area contributed by atoms with Gasteiger partial charge in [-0.3, -0.25) is 0 Å². The normalized spacial score (nSPS) is 10.8. The molecule has 3 nitrogen and oxygen atoms in total. The van der Waals surface area contributed by atoms with Crippen LogP contribution in [-0.2, 0) is 0 Å². The lowest BCUT2D eigenvalue weighted by Crippen LogP contribution is -2.01. The Bertz CT molecular complexity index is 768. The van der Waals surface area contributed by atoms with Crippen LogP contribution in [0.5, 0.6) is 0 Å². The van der Waals surface area contributed by atoms with E-state index < -0.39 is 11.8 Å². The van der Waals surface area contributed by atoms with E-state index in [9.17, 15) is 14.3 Å². The zero-order valence-electron chi connectivity index (χ0n) is 9.63. The van der Waals surface area contributed by atoms with Crippen LogP contribution < -0.4 is 0 Å². The molecule has 0 atom stereocenters. The summed E-state index contributed by atoms with van der Waals surface area (Å²) in [5.41, 5.74) is 0.628. The number of halogens is 1. The Morgan fingerprint density at radius 3 is 2.79 bits per heavy atom. The molecule has 0 saturated heterocycles. The summed E-state index contributed by atoms with van der Waals surface area (Å²) in [6.45, 7) is 0. The van der Waals surface area contributed by atoms with Crippen molar-refractivity contribution in [3.05, 3.63) is 53.2 Å². The SMILES string of the molecule is O=C(O)c1cc(-c2cccs2)nc2c(F)cccc12. The van der Waals surface area contributed by atoms with Gasteiger partial charge >= 0.3 is 5.97 Å². The summed E-state index contributed by atoms with van der Waals surface area (Å²) in [4.78, 5) is 16.3. The van der Waals surface area contributed by atoms with E-state index in [1.807, 2.05) is 17.5 Å². The molecule has 3 aromatic rings. The summed E-state index contributed by atoms with van der Waals surface area (Å²) in [5, 5.41) is 11.4. The number of para-hydroxylation sites is 1. The van der Waals surface area contributed by atoms with Crippen molar-refractivity contribution in [1.82, 2.24) is 4.98 Å². The summed E-state index contributed by atoms with van der Waals surface area (Å²) < 4.78 is 13.8. The van der Waals surface area contributed by atoms with Gasteiger partial charge in [0.2, 0.25) is 0 Å². The number of pyridine rings is 1. The average molecular weight is 273 g/mol. The van der Waals surface area contributed by atoms with E-state index in [0.29, 0.717) is 11.1 Å². The smallest absolute Gasteiger partial charge is 0.336 e. The lowest BCUT2D eigenvalue weighted by atomic mass is 10.1. The van der Waals surface area contributed by atoms with Crippen LogP contribution in [0.2, 0.25) is 0 Å². The summed E-state index contributed by atoms with van der Waals surface area (Å²) in [6, 6.07) is 9.47. The van der Waals surface area contributed by atoms with Crippen molar-refractivity contribution in [3.63, 3.8) is 0 Å². The van der Waals surface area contributed by atoms with Crippen LogP contribution in [0, 0.1) is 5.82 Å². The van der Waals surface area contributed by atoms with Crippen LogP contribution in [0.4, 0.5) is 4.39 Å². The molecule has 0 saturated carbocycles. The Hall–Kier alpha value is -2.27. The standard InChI is InChI=1S/C14H8FNO2S/c15-10-4-1-3-8-9(14(17)18)7-11(16-13(8)10)12-5-2-6-19-12/h1-7H,(H,17,18). The predicted octanol–water partition coefficient (Wildman–Crippen LogP) is 3.80. The Morgan fingerprint density at radius 2 is 2.11 bits per heavy atom. The van der Waals surface area contributed by atoms with Gasteiger partial charge in [0.25, 0.3) is 0 Å². The van der Waals surface area contributed by atoms with Crippen LogP contribution in [0.1, 0.15) is 10.4 Å². The lowest BCUT2D eigenvalue weighted by molar-refractivity contribution is 0.0699. The lowest BCUT2D eigenvalue weighted by Gasteiger charge is -2.06. The second-order valence-corrected chi connectivity index (χ2v) is 4.92. The number of hydrogen-bond donors (Lipinski definition) is 1. The van der Waals surface area contributed by atoms with Gasteiger partial charge in [-0.15, -0.1) is 11.3 Å². The second kappa shape index (κ2) is 4.44. The number of carbonyl (C=O) groups is 1. The van der Waals surface area contributed by atoms with Crippen LogP contribution in [0.3, 0.4) is 0 Å². The van der Waals surface area contributed by atoms with Crippen molar-refractivity contribution in [1.29, 1.82) is 0 Å². The van der Waals surface area contributed by atoms with Gasteiger partial charge in [-0.05, 0) is 23.6 Å². The van der Waals surface area contributed by atoms with Gasteiger partial charge < -0.3 is 5.11 Å². The summed E-state index contributed by atoms with van der Waals surface area (Å²) in [7, 11) is 0. The molecule has 94 valence electrons. The highest BCUT2D eigenvalue weighted by Crippen LogP contribution is 2.28. The summed E-state index contributed by atoms with van der Waals surface area (Å²) in [5.74, 6) is -1.60. The summed E-state index contributed by atoms with van der Waals surface area (Å²) >= 11 is 1.43. The van der Waals surface area contributed by atoms with Crippen molar-refractivity contribution in [2.45, 2.75) is 0 Å². The van der Waals surface area contributed by atoms with E-state index in [0.717, 1.165) is 4.88 Å². The number of benzene rings is 1. The molecule has 1 N–H and O–H groups in total. The second-order valence-electron chi connectivity index (χ2n) is 3.97. The maximum Gasteiger partial charge on any atom is 0.336 e. The number of nitrogens with zero attached hydrogens (tertiary/aromatic N) is 1. The van der Waals surface area contributed by atoms with E-state index in [-0.39, 0.29) is 11.1 Å². The molecule has 3 rings (SSSR count). The first-order chi connectivity index (χ1) is 9.16. The minimum absolute atomic E-state index is 0.0629. The molecule has 5 heteroatoms. The molecule has 1 aromatic carbocycles. The number of carboxylic acids is 1. The Balaban J connectivity index is 2.38. The van der Waals surface area contributed by atoms with Crippen molar-refractivity contribution in [2.75, 3.05) is 0 Å². The number of hydrogen-bond acceptors (Lipinski definition) is 3. The molecule has 0 bridgehead atoms. The van der Waals surface area contributed by atoms with Crippen LogP contribution >= 0.6 is 11.3 Å². The molecule has 0 fully saturated rings. The molecule has 0 aliphatic heterocycles. The number of thiophene rings is 1. The topological polar surface area (TPSA) is 50.2 Å². The van der Waals surface area contributed by atoms with Crippen molar-refractivity contribution in [3.8, 4) is 10.6 Å². The van der Waals surface area contributed by atoms with Crippen LogP contribution in [0.15, 0.2) is 41.8 Å². The molecule has 2 heterocycles. The Kier molecular flexibility index (Phi) is 2.76. The number of rotatable bonds is 2. The van der Waals surface area contributed by atoms with Crippen LogP contribution in [0.25, 0.3) is 21.5 Å². The minimum Gasteiger partial charge on any atom is -0.478 e. The van der Waals surface area contributed by atoms with Gasteiger partial charge in [0.1, 0.15) is 11.3 Å². The Labute approximate surface area is 112 Å². The Morgan fingerprint density at radius 1 is 1.26 bits per heavy atom. The molecular formula is C14H8FNO2S.